The molecule has 0 unspecified atom stereocenters. The van der Waals surface area contributed by atoms with Crippen LogP contribution >= 0.6 is 31.9 Å². The van der Waals surface area contributed by atoms with Crippen LogP contribution in [0.3, 0.4) is 0 Å². The molecule has 3 nitrogen and oxygen atoms in total. The van der Waals surface area contributed by atoms with Gasteiger partial charge in [0.15, 0.2) is 0 Å². The predicted octanol–water partition coefficient (Wildman–Crippen LogP) is 5.00. The fourth-order valence-corrected chi connectivity index (χ4v) is 2.63. The Morgan fingerprint density at radius 2 is 1.95 bits per heavy atom. The standard InChI is InChI=1S/C16H15Br2NO2/c1-2-21-10-11-5-3-4-6-15(11)19-16(20)13-9-12(17)7-8-14(13)18/h3-9H,2,10H2,1H3,(H,19,20). The molecule has 2 aromatic carbocycles. The van der Waals surface area contributed by atoms with Crippen molar-refractivity contribution in [1.29, 1.82) is 0 Å². The second kappa shape index (κ2) is 7.73. The Bertz CT molecular complexity index is 644. The van der Waals surface area contributed by atoms with Crippen LogP contribution in [0.2, 0.25) is 0 Å². The zero-order valence-electron chi connectivity index (χ0n) is 11.5. The minimum Gasteiger partial charge on any atom is -0.377 e. The molecule has 0 radical (unpaired) electrons. The molecule has 21 heavy (non-hydrogen) atoms. The van der Waals surface area contributed by atoms with Crippen LogP contribution < -0.4 is 5.32 Å². The van der Waals surface area contributed by atoms with E-state index in [9.17, 15) is 4.79 Å². The Morgan fingerprint density at radius 1 is 1.19 bits per heavy atom. The van der Waals surface area contributed by atoms with Crippen molar-refractivity contribution in [2.75, 3.05) is 11.9 Å². The molecule has 1 amide bonds. The van der Waals surface area contributed by atoms with E-state index in [-0.39, 0.29) is 5.91 Å². The van der Waals surface area contributed by atoms with Gasteiger partial charge in [-0.05, 0) is 47.1 Å². The zero-order chi connectivity index (χ0) is 15.2. The molecule has 2 rings (SSSR count). The summed E-state index contributed by atoms with van der Waals surface area (Å²) in [5.41, 5.74) is 2.30. The monoisotopic (exact) mass is 411 g/mol. The number of para-hydroxylation sites is 1. The smallest absolute Gasteiger partial charge is 0.256 e. The third-order valence-corrected chi connectivity index (χ3v) is 4.09. The van der Waals surface area contributed by atoms with Gasteiger partial charge < -0.3 is 10.1 Å². The maximum absolute atomic E-state index is 12.4. The molecule has 5 heteroatoms. The topological polar surface area (TPSA) is 38.3 Å². The van der Waals surface area contributed by atoms with Gasteiger partial charge in [-0.25, -0.2) is 0 Å². The Hall–Kier alpha value is -1.17. The van der Waals surface area contributed by atoms with Gasteiger partial charge in [-0.2, -0.15) is 0 Å². The lowest BCUT2D eigenvalue weighted by Crippen LogP contribution is -2.14. The highest BCUT2D eigenvalue weighted by Crippen LogP contribution is 2.24. The highest BCUT2D eigenvalue weighted by atomic mass is 79.9. The first-order chi connectivity index (χ1) is 10.1. The largest absolute Gasteiger partial charge is 0.377 e. The van der Waals surface area contributed by atoms with Crippen LogP contribution in [0.1, 0.15) is 22.8 Å². The van der Waals surface area contributed by atoms with E-state index in [1.807, 2.05) is 43.3 Å². The third-order valence-electron chi connectivity index (χ3n) is 2.90. The van der Waals surface area contributed by atoms with Gasteiger partial charge in [0.05, 0.1) is 12.2 Å². The van der Waals surface area contributed by atoms with Crippen molar-refractivity contribution in [3.05, 3.63) is 62.5 Å². The Morgan fingerprint density at radius 3 is 2.71 bits per heavy atom. The molecule has 1 N–H and O–H groups in total. The van der Waals surface area contributed by atoms with E-state index < -0.39 is 0 Å². The summed E-state index contributed by atoms with van der Waals surface area (Å²) < 4.78 is 7.04. The van der Waals surface area contributed by atoms with E-state index in [1.54, 1.807) is 6.07 Å². The summed E-state index contributed by atoms with van der Waals surface area (Å²) in [5, 5.41) is 2.93. The van der Waals surface area contributed by atoms with Crippen molar-refractivity contribution in [2.24, 2.45) is 0 Å². The Labute approximate surface area is 141 Å². The van der Waals surface area contributed by atoms with Gasteiger partial charge in [0.25, 0.3) is 5.91 Å². The minimum atomic E-state index is -0.160. The molecule has 0 spiro atoms. The maximum Gasteiger partial charge on any atom is 0.256 e. The van der Waals surface area contributed by atoms with E-state index >= 15 is 0 Å². The Balaban J connectivity index is 2.21. The number of amides is 1. The number of rotatable bonds is 5. The molecule has 110 valence electrons. The van der Waals surface area contributed by atoms with Crippen LogP contribution in [-0.2, 0) is 11.3 Å². The van der Waals surface area contributed by atoms with Crippen molar-refractivity contribution >= 4 is 43.5 Å². The van der Waals surface area contributed by atoms with E-state index in [0.29, 0.717) is 18.8 Å². The van der Waals surface area contributed by atoms with Crippen molar-refractivity contribution in [2.45, 2.75) is 13.5 Å². The molecule has 0 fully saturated rings. The fraction of sp³-hybridized carbons (Fsp3) is 0.188. The first-order valence-electron chi connectivity index (χ1n) is 6.54. The molecule has 0 bridgehead atoms. The molecule has 0 heterocycles. The number of anilines is 1. The van der Waals surface area contributed by atoms with Crippen LogP contribution in [0.15, 0.2) is 51.4 Å². The lowest BCUT2D eigenvalue weighted by Gasteiger charge is -2.12. The van der Waals surface area contributed by atoms with Crippen LogP contribution in [-0.4, -0.2) is 12.5 Å². The summed E-state index contributed by atoms with van der Waals surface area (Å²) in [5.74, 6) is -0.160. The van der Waals surface area contributed by atoms with Crippen molar-refractivity contribution < 1.29 is 9.53 Å². The van der Waals surface area contributed by atoms with Gasteiger partial charge in [0, 0.05) is 26.8 Å². The number of hydrogen-bond donors (Lipinski definition) is 1. The summed E-state index contributed by atoms with van der Waals surface area (Å²) in [6, 6.07) is 13.1. The summed E-state index contributed by atoms with van der Waals surface area (Å²) >= 11 is 6.78. The highest BCUT2D eigenvalue weighted by molar-refractivity contribution is 9.11. The van der Waals surface area contributed by atoms with Gasteiger partial charge in [-0.3, -0.25) is 4.79 Å². The fourth-order valence-electron chi connectivity index (χ4n) is 1.84. The van der Waals surface area contributed by atoms with Crippen LogP contribution in [0.25, 0.3) is 0 Å². The predicted molar refractivity (Wildman–Crippen MR) is 91.6 cm³/mol. The van der Waals surface area contributed by atoms with E-state index in [0.717, 1.165) is 20.2 Å². The molecule has 0 aliphatic heterocycles. The first kappa shape index (κ1) is 16.2. The maximum atomic E-state index is 12.4. The van der Waals surface area contributed by atoms with Gasteiger partial charge in [-0.15, -0.1) is 0 Å². The molecule has 0 aliphatic rings. The van der Waals surface area contributed by atoms with Crippen LogP contribution in [0, 0.1) is 0 Å². The van der Waals surface area contributed by atoms with Crippen molar-refractivity contribution in [3.8, 4) is 0 Å². The number of carbonyl (C=O) groups excluding carboxylic acids is 1. The van der Waals surface area contributed by atoms with Crippen molar-refractivity contribution in [1.82, 2.24) is 0 Å². The van der Waals surface area contributed by atoms with Gasteiger partial charge >= 0.3 is 0 Å². The number of benzene rings is 2. The molecule has 0 atom stereocenters. The summed E-state index contributed by atoms with van der Waals surface area (Å²) in [7, 11) is 0. The number of halogens is 2. The SMILES string of the molecule is CCOCc1ccccc1NC(=O)c1cc(Br)ccc1Br. The van der Waals surface area contributed by atoms with Crippen LogP contribution in [0.4, 0.5) is 5.69 Å². The van der Waals surface area contributed by atoms with Gasteiger partial charge in [0.1, 0.15) is 0 Å². The minimum absolute atomic E-state index is 0.160. The normalized spacial score (nSPS) is 10.4. The zero-order valence-corrected chi connectivity index (χ0v) is 14.7. The second-order valence-electron chi connectivity index (χ2n) is 4.37. The average Bonchev–Trinajstić information content (AvgIpc) is 2.48. The third kappa shape index (κ3) is 4.40. The lowest BCUT2D eigenvalue weighted by atomic mass is 10.1. The van der Waals surface area contributed by atoms with Crippen molar-refractivity contribution in [3.63, 3.8) is 0 Å². The molecule has 0 saturated carbocycles. The number of nitrogens with one attached hydrogen (secondary N) is 1. The number of ether oxygens (including phenoxy) is 1. The molecule has 0 saturated heterocycles. The van der Waals surface area contributed by atoms with E-state index in [2.05, 4.69) is 37.2 Å². The average molecular weight is 413 g/mol. The van der Waals surface area contributed by atoms with Gasteiger partial charge in [-0.1, -0.05) is 34.1 Å². The molecular formula is C16H15Br2NO2. The summed E-state index contributed by atoms with van der Waals surface area (Å²) in [6.45, 7) is 3.06. The molecule has 0 aliphatic carbocycles. The van der Waals surface area contributed by atoms with E-state index in [1.165, 1.54) is 0 Å². The summed E-state index contributed by atoms with van der Waals surface area (Å²) in [4.78, 5) is 12.4. The summed E-state index contributed by atoms with van der Waals surface area (Å²) in [6.07, 6.45) is 0. The van der Waals surface area contributed by atoms with E-state index in [4.69, 9.17) is 4.74 Å². The lowest BCUT2D eigenvalue weighted by molar-refractivity contribution is 0.102. The first-order valence-corrected chi connectivity index (χ1v) is 8.12. The quantitative estimate of drug-likeness (QED) is 0.750. The molecule has 0 aromatic heterocycles. The van der Waals surface area contributed by atoms with Gasteiger partial charge in [0.2, 0.25) is 0 Å². The molecular weight excluding hydrogens is 398 g/mol. The second-order valence-corrected chi connectivity index (χ2v) is 6.14. The Kier molecular flexibility index (Phi) is 5.96. The highest BCUT2D eigenvalue weighted by Gasteiger charge is 2.12. The molecule has 2 aromatic rings. The number of carbonyl (C=O) groups is 1. The van der Waals surface area contributed by atoms with Crippen LogP contribution in [0.5, 0.6) is 0 Å². The number of hydrogen-bond acceptors (Lipinski definition) is 2.